The lowest BCUT2D eigenvalue weighted by Crippen LogP contribution is -2.30. The predicted octanol–water partition coefficient (Wildman–Crippen LogP) is 1.51. The Morgan fingerprint density at radius 1 is 1.50 bits per heavy atom. The Morgan fingerprint density at radius 3 is 2.83 bits per heavy atom. The minimum absolute atomic E-state index is 0.0347. The Hall–Kier alpha value is -1.78. The van der Waals surface area contributed by atoms with Gasteiger partial charge in [0.25, 0.3) is 5.91 Å². The molecule has 0 spiro atoms. The van der Waals surface area contributed by atoms with E-state index in [2.05, 4.69) is 24.1 Å². The van der Waals surface area contributed by atoms with Crippen LogP contribution in [0.15, 0.2) is 12.1 Å². The van der Waals surface area contributed by atoms with E-state index in [4.69, 9.17) is 10.5 Å². The summed E-state index contributed by atoms with van der Waals surface area (Å²) >= 11 is 0. The van der Waals surface area contributed by atoms with Crippen LogP contribution in [0.25, 0.3) is 0 Å². The molecule has 100 valence electrons. The van der Waals surface area contributed by atoms with Crippen molar-refractivity contribution in [2.24, 2.45) is 5.92 Å². The highest BCUT2D eigenvalue weighted by Gasteiger charge is 2.06. The second-order valence-electron chi connectivity index (χ2n) is 4.66. The molecule has 1 rings (SSSR count). The molecule has 3 N–H and O–H groups in total. The molecule has 1 aromatic heterocycles. The molecule has 0 atom stereocenters. The molecule has 5 nitrogen and oxygen atoms in total. The van der Waals surface area contributed by atoms with Crippen molar-refractivity contribution >= 4 is 11.7 Å². The zero-order chi connectivity index (χ0) is 13.5. The van der Waals surface area contributed by atoms with E-state index >= 15 is 0 Å². The molecule has 0 aliphatic rings. The Balaban J connectivity index is 2.33. The van der Waals surface area contributed by atoms with Gasteiger partial charge in [0.05, 0.1) is 0 Å². The number of amides is 1. The third-order valence-corrected chi connectivity index (χ3v) is 2.43. The second-order valence-corrected chi connectivity index (χ2v) is 4.66. The zero-order valence-corrected chi connectivity index (χ0v) is 11.2. The van der Waals surface area contributed by atoms with Gasteiger partial charge in [-0.2, -0.15) is 0 Å². The van der Waals surface area contributed by atoms with E-state index in [-0.39, 0.29) is 12.5 Å². The van der Waals surface area contributed by atoms with Crippen molar-refractivity contribution in [1.29, 1.82) is 0 Å². The number of carbonyl (C=O) groups is 1. The Morgan fingerprint density at radius 2 is 2.22 bits per heavy atom. The number of carbonyl (C=O) groups excluding carboxylic acids is 1. The van der Waals surface area contributed by atoms with Crippen molar-refractivity contribution in [2.45, 2.75) is 27.2 Å². The van der Waals surface area contributed by atoms with Crippen LogP contribution in [0, 0.1) is 12.8 Å². The standard InChI is InChI=1S/C13H21N3O2/c1-9(2)6-7-15-12(17)8-18-11-5-4-10(3)16-13(11)14/h4-5,9H,6-8H2,1-3H3,(H2,14,16)(H,15,17). The number of aryl methyl sites for hydroxylation is 1. The third kappa shape index (κ3) is 5.03. The van der Waals surface area contributed by atoms with Crippen LogP contribution in [0.1, 0.15) is 26.0 Å². The van der Waals surface area contributed by atoms with Crippen molar-refractivity contribution < 1.29 is 9.53 Å². The van der Waals surface area contributed by atoms with Gasteiger partial charge in [-0.25, -0.2) is 4.98 Å². The molecule has 0 radical (unpaired) electrons. The number of nitrogens with one attached hydrogen (secondary N) is 1. The van der Waals surface area contributed by atoms with Gasteiger partial charge in [-0.05, 0) is 31.4 Å². The molecule has 0 aliphatic heterocycles. The van der Waals surface area contributed by atoms with Crippen molar-refractivity contribution in [1.82, 2.24) is 10.3 Å². The van der Waals surface area contributed by atoms with Crippen molar-refractivity contribution in [3.63, 3.8) is 0 Å². The van der Waals surface area contributed by atoms with Gasteiger partial charge in [0.15, 0.2) is 18.2 Å². The number of hydrogen-bond donors (Lipinski definition) is 2. The number of anilines is 1. The fraction of sp³-hybridized carbons (Fsp3) is 0.538. The molecule has 5 heteroatoms. The van der Waals surface area contributed by atoms with Gasteiger partial charge in [0.1, 0.15) is 0 Å². The van der Waals surface area contributed by atoms with Gasteiger partial charge in [0, 0.05) is 12.2 Å². The van der Waals surface area contributed by atoms with Crippen molar-refractivity contribution in [2.75, 3.05) is 18.9 Å². The van der Waals surface area contributed by atoms with E-state index in [0.29, 0.717) is 24.0 Å². The van der Waals surface area contributed by atoms with Gasteiger partial charge < -0.3 is 15.8 Å². The maximum atomic E-state index is 11.5. The van der Waals surface area contributed by atoms with Crippen molar-refractivity contribution in [3.8, 4) is 5.75 Å². The summed E-state index contributed by atoms with van der Waals surface area (Å²) in [6, 6.07) is 3.52. The quantitative estimate of drug-likeness (QED) is 0.803. The molecule has 0 aromatic carbocycles. The van der Waals surface area contributed by atoms with Crippen LogP contribution in [0.2, 0.25) is 0 Å². The topological polar surface area (TPSA) is 77.2 Å². The lowest BCUT2D eigenvalue weighted by molar-refractivity contribution is -0.123. The van der Waals surface area contributed by atoms with E-state index in [9.17, 15) is 4.79 Å². The Labute approximate surface area is 108 Å². The van der Waals surface area contributed by atoms with Crippen molar-refractivity contribution in [3.05, 3.63) is 17.8 Å². The number of rotatable bonds is 6. The minimum atomic E-state index is -0.143. The summed E-state index contributed by atoms with van der Waals surface area (Å²) in [7, 11) is 0. The average Bonchev–Trinajstić information content (AvgIpc) is 2.27. The van der Waals surface area contributed by atoms with E-state index in [1.54, 1.807) is 12.1 Å². The third-order valence-electron chi connectivity index (χ3n) is 2.43. The molecule has 1 aromatic rings. The summed E-state index contributed by atoms with van der Waals surface area (Å²) in [5.74, 6) is 1.18. The maximum absolute atomic E-state index is 11.5. The molecule has 1 amide bonds. The first-order chi connectivity index (χ1) is 8.49. The summed E-state index contributed by atoms with van der Waals surface area (Å²) < 4.78 is 5.31. The molecule has 18 heavy (non-hydrogen) atoms. The zero-order valence-electron chi connectivity index (χ0n) is 11.2. The highest BCUT2D eigenvalue weighted by atomic mass is 16.5. The summed E-state index contributed by atoms with van der Waals surface area (Å²) in [4.78, 5) is 15.5. The molecule has 0 saturated carbocycles. The molecule has 0 unspecified atom stereocenters. The number of nitrogens with zero attached hydrogens (tertiary/aromatic N) is 1. The van der Waals surface area contributed by atoms with E-state index in [1.807, 2.05) is 6.92 Å². The highest BCUT2D eigenvalue weighted by molar-refractivity contribution is 5.77. The molecule has 1 heterocycles. The first-order valence-electron chi connectivity index (χ1n) is 6.11. The lowest BCUT2D eigenvalue weighted by Gasteiger charge is -2.10. The number of nitrogens with two attached hydrogens (primary N) is 1. The Kier molecular flexibility index (Phi) is 5.42. The van der Waals surface area contributed by atoms with Gasteiger partial charge in [-0.3, -0.25) is 4.79 Å². The van der Waals surface area contributed by atoms with E-state index in [1.165, 1.54) is 0 Å². The second kappa shape index (κ2) is 6.83. The first-order valence-corrected chi connectivity index (χ1v) is 6.11. The largest absolute Gasteiger partial charge is 0.480 e. The van der Waals surface area contributed by atoms with Crippen LogP contribution in [-0.2, 0) is 4.79 Å². The molecular formula is C13H21N3O2. The van der Waals surface area contributed by atoms with Crippen LogP contribution in [0.5, 0.6) is 5.75 Å². The van der Waals surface area contributed by atoms with Crippen LogP contribution in [0.4, 0.5) is 5.82 Å². The lowest BCUT2D eigenvalue weighted by atomic mass is 10.1. The SMILES string of the molecule is Cc1ccc(OCC(=O)NCCC(C)C)c(N)n1. The molecular weight excluding hydrogens is 230 g/mol. The minimum Gasteiger partial charge on any atom is -0.480 e. The number of nitrogen functional groups attached to an aromatic ring is 1. The van der Waals surface area contributed by atoms with Gasteiger partial charge >= 0.3 is 0 Å². The number of aromatic nitrogens is 1. The fourth-order valence-corrected chi connectivity index (χ4v) is 1.38. The predicted molar refractivity (Wildman–Crippen MR) is 71.3 cm³/mol. The van der Waals surface area contributed by atoms with Gasteiger partial charge in [-0.15, -0.1) is 0 Å². The number of hydrogen-bond acceptors (Lipinski definition) is 4. The summed E-state index contributed by atoms with van der Waals surface area (Å²) in [6.45, 7) is 6.70. The summed E-state index contributed by atoms with van der Waals surface area (Å²) in [5.41, 5.74) is 6.50. The average molecular weight is 251 g/mol. The number of pyridine rings is 1. The van der Waals surface area contributed by atoms with E-state index in [0.717, 1.165) is 12.1 Å². The molecule has 0 aliphatic carbocycles. The summed E-state index contributed by atoms with van der Waals surface area (Å²) in [5, 5.41) is 2.79. The monoisotopic (exact) mass is 251 g/mol. The maximum Gasteiger partial charge on any atom is 0.257 e. The normalized spacial score (nSPS) is 10.4. The summed E-state index contributed by atoms with van der Waals surface area (Å²) in [6.07, 6.45) is 0.958. The van der Waals surface area contributed by atoms with Crippen LogP contribution >= 0.6 is 0 Å². The molecule has 0 fully saturated rings. The smallest absolute Gasteiger partial charge is 0.257 e. The highest BCUT2D eigenvalue weighted by Crippen LogP contribution is 2.18. The van der Waals surface area contributed by atoms with Crippen LogP contribution < -0.4 is 15.8 Å². The Bertz CT molecular complexity index is 405. The van der Waals surface area contributed by atoms with Crippen LogP contribution in [0.3, 0.4) is 0 Å². The van der Waals surface area contributed by atoms with Crippen LogP contribution in [-0.4, -0.2) is 24.0 Å². The fourth-order valence-electron chi connectivity index (χ4n) is 1.38. The molecule has 0 saturated heterocycles. The van der Waals surface area contributed by atoms with Gasteiger partial charge in [0.2, 0.25) is 0 Å². The van der Waals surface area contributed by atoms with Gasteiger partial charge in [-0.1, -0.05) is 13.8 Å². The van der Waals surface area contributed by atoms with E-state index < -0.39 is 0 Å². The number of ether oxygens (including phenoxy) is 1. The molecule has 0 bridgehead atoms. The first kappa shape index (κ1) is 14.3.